The molecule has 3 aromatic rings. The van der Waals surface area contributed by atoms with Gasteiger partial charge in [-0.25, -0.2) is 4.98 Å². The number of aliphatic hydroxyl groups excluding tert-OH is 1. The van der Waals surface area contributed by atoms with E-state index in [-0.39, 0.29) is 12.6 Å². The Morgan fingerprint density at radius 2 is 1.89 bits per heavy atom. The third-order valence-corrected chi connectivity index (χ3v) is 8.19. The van der Waals surface area contributed by atoms with E-state index in [1.807, 2.05) is 24.3 Å². The Hall–Kier alpha value is -3.01. The number of hydrogen-bond acceptors (Lipinski definition) is 9. The van der Waals surface area contributed by atoms with E-state index in [1.54, 1.807) is 7.11 Å². The molecular formula is C28H35N5O4. The van der Waals surface area contributed by atoms with Gasteiger partial charge in [-0.05, 0) is 61.9 Å². The number of pyridine rings is 1. The minimum atomic E-state index is -0.0995. The normalized spacial score (nSPS) is 21.6. The van der Waals surface area contributed by atoms with E-state index in [4.69, 9.17) is 29.2 Å². The van der Waals surface area contributed by atoms with Crippen LogP contribution in [0.5, 0.6) is 5.75 Å². The minimum absolute atomic E-state index is 0.0995. The fourth-order valence-corrected chi connectivity index (χ4v) is 5.93. The van der Waals surface area contributed by atoms with Crippen LogP contribution in [-0.2, 0) is 16.1 Å². The lowest BCUT2D eigenvalue weighted by Gasteiger charge is -2.35. The summed E-state index contributed by atoms with van der Waals surface area (Å²) in [7, 11) is 1.61. The molecule has 37 heavy (non-hydrogen) atoms. The van der Waals surface area contributed by atoms with Crippen molar-refractivity contribution in [3.63, 3.8) is 0 Å². The average Bonchev–Trinajstić information content (AvgIpc) is 3.35. The van der Waals surface area contributed by atoms with Gasteiger partial charge < -0.3 is 29.1 Å². The third kappa shape index (κ3) is 4.60. The molecule has 1 spiro atoms. The van der Waals surface area contributed by atoms with Crippen LogP contribution in [-0.4, -0.2) is 79.3 Å². The van der Waals surface area contributed by atoms with Crippen molar-refractivity contribution in [2.45, 2.75) is 38.8 Å². The summed E-state index contributed by atoms with van der Waals surface area (Å²) in [6.45, 7) is 7.80. The molecule has 0 unspecified atom stereocenters. The molecule has 3 aliphatic heterocycles. The van der Waals surface area contributed by atoms with Crippen LogP contribution in [0, 0.1) is 5.41 Å². The Morgan fingerprint density at radius 1 is 1.03 bits per heavy atom. The van der Waals surface area contributed by atoms with Gasteiger partial charge >= 0.3 is 0 Å². The molecule has 1 atom stereocenters. The summed E-state index contributed by atoms with van der Waals surface area (Å²) in [5.41, 5.74) is 3.42. The molecule has 0 saturated carbocycles. The third-order valence-electron chi connectivity index (χ3n) is 8.19. The molecule has 5 heterocycles. The van der Waals surface area contributed by atoms with Gasteiger partial charge in [0.2, 0.25) is 5.95 Å². The second-order valence-electron chi connectivity index (χ2n) is 10.5. The largest absolute Gasteiger partial charge is 0.496 e. The quantitative estimate of drug-likeness (QED) is 0.560. The van der Waals surface area contributed by atoms with Gasteiger partial charge in [0.15, 0.2) is 5.65 Å². The molecule has 9 nitrogen and oxygen atoms in total. The molecule has 0 radical (unpaired) electrons. The number of rotatable bonds is 5. The molecule has 2 aromatic heterocycles. The van der Waals surface area contributed by atoms with Gasteiger partial charge in [-0.15, -0.1) is 0 Å². The van der Waals surface area contributed by atoms with Gasteiger partial charge in [-0.2, -0.15) is 9.97 Å². The van der Waals surface area contributed by atoms with E-state index < -0.39 is 0 Å². The second-order valence-corrected chi connectivity index (χ2v) is 10.5. The van der Waals surface area contributed by atoms with Crippen molar-refractivity contribution in [3.05, 3.63) is 35.9 Å². The number of fused-ring (bicyclic) bond motifs is 1. The van der Waals surface area contributed by atoms with Crippen molar-refractivity contribution in [1.82, 2.24) is 15.0 Å². The first-order chi connectivity index (χ1) is 18.1. The number of nitrogens with zero attached hydrogens (tertiary/aromatic N) is 5. The van der Waals surface area contributed by atoms with Crippen LogP contribution in [0.15, 0.2) is 30.3 Å². The fourth-order valence-electron chi connectivity index (χ4n) is 5.93. The standard InChI is InChI=1S/C28H35N5O4/c1-19-17-37-14-11-33(19)26-22-4-5-23(20-3-6-24(35-2)21(15-20)16-34)29-25(22)30-27(31-26)32-10-7-28(18-32)8-12-36-13-9-28/h3-6,15,19,34H,7-14,16-18H2,1-2H3/t19-/m0/s1. The van der Waals surface area contributed by atoms with Crippen molar-refractivity contribution in [2.75, 3.05) is 63.0 Å². The highest BCUT2D eigenvalue weighted by Gasteiger charge is 2.40. The van der Waals surface area contributed by atoms with Crippen LogP contribution in [0.25, 0.3) is 22.3 Å². The highest BCUT2D eigenvalue weighted by Crippen LogP contribution is 2.41. The molecule has 0 amide bonds. The molecule has 1 N–H and O–H groups in total. The molecule has 1 aromatic carbocycles. The molecular weight excluding hydrogens is 470 g/mol. The van der Waals surface area contributed by atoms with E-state index >= 15 is 0 Å². The van der Waals surface area contributed by atoms with Crippen LogP contribution in [0.4, 0.5) is 11.8 Å². The summed E-state index contributed by atoms with van der Waals surface area (Å²) >= 11 is 0. The Morgan fingerprint density at radius 3 is 2.68 bits per heavy atom. The van der Waals surface area contributed by atoms with Gasteiger partial charge in [0.1, 0.15) is 11.6 Å². The predicted molar refractivity (Wildman–Crippen MR) is 142 cm³/mol. The number of methoxy groups -OCH3 is 1. The van der Waals surface area contributed by atoms with Crippen LogP contribution >= 0.6 is 0 Å². The first kappa shape index (κ1) is 24.3. The van der Waals surface area contributed by atoms with Gasteiger partial charge in [-0.1, -0.05) is 0 Å². The van der Waals surface area contributed by atoms with Gasteiger partial charge in [0.25, 0.3) is 0 Å². The monoisotopic (exact) mass is 505 g/mol. The number of ether oxygens (including phenoxy) is 3. The second kappa shape index (κ2) is 10.0. The zero-order valence-corrected chi connectivity index (χ0v) is 21.7. The molecule has 3 saturated heterocycles. The molecule has 0 bridgehead atoms. The lowest BCUT2D eigenvalue weighted by atomic mass is 9.80. The van der Waals surface area contributed by atoms with Crippen LogP contribution in [0.3, 0.4) is 0 Å². The number of morpholine rings is 1. The van der Waals surface area contributed by atoms with E-state index in [1.165, 1.54) is 0 Å². The van der Waals surface area contributed by atoms with Crippen LogP contribution in [0.1, 0.15) is 31.7 Å². The smallest absolute Gasteiger partial charge is 0.229 e. The SMILES string of the molecule is COc1ccc(-c2ccc3c(N4CCOC[C@@H]4C)nc(N4CCC5(CCOCC5)C4)nc3n2)cc1CO. The number of aliphatic hydroxyl groups is 1. The molecule has 3 fully saturated rings. The summed E-state index contributed by atoms with van der Waals surface area (Å²) < 4.78 is 16.7. The van der Waals surface area contributed by atoms with Crippen molar-refractivity contribution >= 4 is 22.8 Å². The summed E-state index contributed by atoms with van der Waals surface area (Å²) in [5, 5.41) is 10.8. The van der Waals surface area contributed by atoms with Crippen molar-refractivity contribution in [1.29, 1.82) is 0 Å². The Labute approximate surface area is 217 Å². The van der Waals surface area contributed by atoms with E-state index in [0.29, 0.717) is 30.0 Å². The van der Waals surface area contributed by atoms with E-state index in [9.17, 15) is 5.11 Å². The number of aromatic nitrogens is 3. The van der Waals surface area contributed by atoms with Crippen molar-refractivity contribution in [2.24, 2.45) is 5.41 Å². The highest BCUT2D eigenvalue weighted by atomic mass is 16.5. The maximum atomic E-state index is 9.81. The predicted octanol–water partition coefficient (Wildman–Crippen LogP) is 3.42. The minimum Gasteiger partial charge on any atom is -0.496 e. The lowest BCUT2D eigenvalue weighted by Crippen LogP contribution is -2.44. The molecule has 196 valence electrons. The lowest BCUT2D eigenvalue weighted by molar-refractivity contribution is 0.0254. The first-order valence-electron chi connectivity index (χ1n) is 13.2. The number of anilines is 2. The van der Waals surface area contributed by atoms with Crippen LogP contribution < -0.4 is 14.5 Å². The van der Waals surface area contributed by atoms with Gasteiger partial charge in [-0.3, -0.25) is 0 Å². The zero-order valence-electron chi connectivity index (χ0n) is 21.7. The summed E-state index contributed by atoms with van der Waals surface area (Å²) in [6.07, 6.45) is 3.33. The topological polar surface area (TPSA) is 93.1 Å². The van der Waals surface area contributed by atoms with Crippen molar-refractivity contribution < 1.29 is 19.3 Å². The maximum absolute atomic E-state index is 9.81. The number of benzene rings is 1. The van der Waals surface area contributed by atoms with E-state index in [0.717, 1.165) is 86.1 Å². The summed E-state index contributed by atoms with van der Waals surface area (Å²) in [5.74, 6) is 2.34. The molecule has 9 heteroatoms. The van der Waals surface area contributed by atoms with Gasteiger partial charge in [0.05, 0.1) is 44.1 Å². The molecule has 0 aliphatic carbocycles. The van der Waals surface area contributed by atoms with Crippen LogP contribution in [0.2, 0.25) is 0 Å². The average molecular weight is 506 g/mol. The molecule has 3 aliphatic rings. The number of hydrogen-bond donors (Lipinski definition) is 1. The Balaban J connectivity index is 1.43. The molecule has 6 rings (SSSR count). The highest BCUT2D eigenvalue weighted by molar-refractivity contribution is 5.90. The Kier molecular flexibility index (Phi) is 6.60. The zero-order chi connectivity index (χ0) is 25.4. The van der Waals surface area contributed by atoms with Crippen molar-refractivity contribution in [3.8, 4) is 17.0 Å². The summed E-state index contributed by atoms with van der Waals surface area (Å²) in [4.78, 5) is 19.9. The maximum Gasteiger partial charge on any atom is 0.229 e. The first-order valence-corrected chi connectivity index (χ1v) is 13.2. The van der Waals surface area contributed by atoms with E-state index in [2.05, 4.69) is 22.8 Å². The summed E-state index contributed by atoms with van der Waals surface area (Å²) in [6, 6.07) is 10.1. The fraction of sp³-hybridized carbons (Fsp3) is 0.536. The Bertz CT molecular complexity index is 1280. The van der Waals surface area contributed by atoms with Gasteiger partial charge in [0, 0.05) is 44.0 Å².